The molecule has 2 aromatic heterocycles. The van der Waals surface area contributed by atoms with E-state index >= 15 is 0 Å². The number of nitrogens with zero attached hydrogens (tertiary/aromatic N) is 4. The highest BCUT2D eigenvalue weighted by Gasteiger charge is 2.22. The number of hydrogen-bond acceptors (Lipinski definition) is 6. The molecule has 1 aliphatic heterocycles. The Bertz CT molecular complexity index is 1070. The summed E-state index contributed by atoms with van der Waals surface area (Å²) in [5.74, 6) is 0. The zero-order valence-electron chi connectivity index (χ0n) is 15.3. The molecule has 1 aliphatic rings. The fourth-order valence-electron chi connectivity index (χ4n) is 3.31. The molecule has 0 saturated carbocycles. The molecule has 0 radical (unpaired) electrons. The minimum Gasteiger partial charge on any atom is -0.294 e. The Morgan fingerprint density at radius 1 is 1.19 bits per heavy atom. The first-order chi connectivity index (χ1) is 12.9. The van der Waals surface area contributed by atoms with Gasteiger partial charge in [0.15, 0.2) is 0 Å². The third-order valence-corrected chi connectivity index (χ3v) is 5.63. The molecule has 4 rings (SSSR count). The first-order valence-corrected chi connectivity index (χ1v) is 10.7. The van der Waals surface area contributed by atoms with Crippen LogP contribution in [0.4, 0.5) is 0 Å². The number of fused-ring (bicyclic) bond motifs is 1. The summed E-state index contributed by atoms with van der Waals surface area (Å²) in [6.07, 6.45) is 5.35. The maximum atomic E-state index is 11.6. The topological polar surface area (TPSA) is 91.8 Å². The van der Waals surface area contributed by atoms with Crippen LogP contribution < -0.4 is 0 Å². The Hall–Kier alpha value is -2.58. The van der Waals surface area contributed by atoms with Gasteiger partial charge in [0.2, 0.25) is 15.0 Å². The average molecular weight is 383 g/mol. The summed E-state index contributed by atoms with van der Waals surface area (Å²) >= 11 is 0. The Labute approximate surface area is 158 Å². The van der Waals surface area contributed by atoms with Crippen LogP contribution in [0.3, 0.4) is 0 Å². The standard InChI is InChI=1S/C19H21N5O2S/c1-13-3-5-14(6-4-13)18-16(10-21-23-18)12-24-8-7-17-15(11-24)9-20-19(22-17)27(2,25)26/h3-6,9-10H,7-8,11-12H2,1-2H3,(H,21,23). The number of rotatable bonds is 4. The number of aryl methyl sites for hydroxylation is 1. The first kappa shape index (κ1) is 17.8. The molecule has 7 nitrogen and oxygen atoms in total. The van der Waals surface area contributed by atoms with Gasteiger partial charge in [0, 0.05) is 49.6 Å². The molecule has 0 atom stereocenters. The van der Waals surface area contributed by atoms with E-state index in [4.69, 9.17) is 0 Å². The van der Waals surface area contributed by atoms with Crippen LogP contribution in [0.1, 0.15) is 22.4 Å². The third kappa shape index (κ3) is 3.77. The highest BCUT2D eigenvalue weighted by molar-refractivity contribution is 7.90. The van der Waals surface area contributed by atoms with E-state index in [2.05, 4.69) is 56.3 Å². The molecule has 3 aromatic rings. The molecule has 0 unspecified atom stereocenters. The van der Waals surface area contributed by atoms with Gasteiger partial charge in [0.05, 0.1) is 17.6 Å². The predicted molar refractivity (Wildman–Crippen MR) is 102 cm³/mol. The van der Waals surface area contributed by atoms with Crippen molar-refractivity contribution in [2.24, 2.45) is 0 Å². The fourth-order valence-corrected chi connectivity index (χ4v) is 3.83. The summed E-state index contributed by atoms with van der Waals surface area (Å²) in [5, 5.41) is 7.24. The molecule has 1 aromatic carbocycles. The molecule has 3 heterocycles. The van der Waals surface area contributed by atoms with Crippen LogP contribution in [0.15, 0.2) is 41.8 Å². The van der Waals surface area contributed by atoms with Crippen LogP contribution >= 0.6 is 0 Å². The van der Waals surface area contributed by atoms with Crippen LogP contribution in [0.2, 0.25) is 0 Å². The zero-order valence-corrected chi connectivity index (χ0v) is 16.1. The Morgan fingerprint density at radius 3 is 2.70 bits per heavy atom. The maximum absolute atomic E-state index is 11.6. The van der Waals surface area contributed by atoms with Crippen molar-refractivity contribution in [2.75, 3.05) is 12.8 Å². The molecule has 0 saturated heterocycles. The number of aromatic nitrogens is 4. The van der Waals surface area contributed by atoms with Crippen molar-refractivity contribution >= 4 is 9.84 Å². The number of sulfone groups is 1. The van der Waals surface area contributed by atoms with Gasteiger partial charge in [-0.2, -0.15) is 5.10 Å². The molecule has 27 heavy (non-hydrogen) atoms. The molecule has 8 heteroatoms. The number of aromatic amines is 1. The average Bonchev–Trinajstić information content (AvgIpc) is 3.09. The van der Waals surface area contributed by atoms with Crippen molar-refractivity contribution in [3.63, 3.8) is 0 Å². The monoisotopic (exact) mass is 383 g/mol. The summed E-state index contributed by atoms with van der Waals surface area (Å²) in [7, 11) is -3.38. The second-order valence-corrected chi connectivity index (χ2v) is 8.90. The van der Waals surface area contributed by atoms with Crippen molar-refractivity contribution in [1.29, 1.82) is 0 Å². The lowest BCUT2D eigenvalue weighted by Crippen LogP contribution is -2.31. The lowest BCUT2D eigenvalue weighted by molar-refractivity contribution is 0.242. The van der Waals surface area contributed by atoms with Crippen LogP contribution in [0.5, 0.6) is 0 Å². The van der Waals surface area contributed by atoms with Gasteiger partial charge in [0.1, 0.15) is 0 Å². The maximum Gasteiger partial charge on any atom is 0.246 e. The molecular weight excluding hydrogens is 362 g/mol. The number of H-pyrrole nitrogens is 1. The van der Waals surface area contributed by atoms with Gasteiger partial charge in [-0.1, -0.05) is 29.8 Å². The van der Waals surface area contributed by atoms with Gasteiger partial charge < -0.3 is 0 Å². The van der Waals surface area contributed by atoms with Gasteiger partial charge in [-0.15, -0.1) is 0 Å². The summed E-state index contributed by atoms with van der Waals surface area (Å²) in [6, 6.07) is 8.37. The van der Waals surface area contributed by atoms with E-state index in [1.54, 1.807) is 6.20 Å². The number of nitrogens with one attached hydrogen (secondary N) is 1. The lowest BCUT2D eigenvalue weighted by Gasteiger charge is -2.27. The normalized spacial score (nSPS) is 14.9. The van der Waals surface area contributed by atoms with Crippen LogP contribution in [0.25, 0.3) is 11.3 Å². The van der Waals surface area contributed by atoms with Crippen LogP contribution in [0, 0.1) is 6.92 Å². The Kier molecular flexibility index (Phi) is 4.53. The van der Waals surface area contributed by atoms with Gasteiger partial charge in [-0.3, -0.25) is 10.00 Å². The number of hydrogen-bond donors (Lipinski definition) is 1. The molecule has 0 spiro atoms. The van der Waals surface area contributed by atoms with Crippen molar-refractivity contribution < 1.29 is 8.42 Å². The van der Waals surface area contributed by atoms with E-state index in [1.807, 2.05) is 6.20 Å². The Morgan fingerprint density at radius 2 is 1.96 bits per heavy atom. The van der Waals surface area contributed by atoms with Crippen molar-refractivity contribution in [3.8, 4) is 11.3 Å². The van der Waals surface area contributed by atoms with Crippen LogP contribution in [-0.2, 0) is 29.3 Å². The lowest BCUT2D eigenvalue weighted by atomic mass is 10.0. The predicted octanol–water partition coefficient (Wildman–Crippen LogP) is 2.14. The largest absolute Gasteiger partial charge is 0.294 e. The molecule has 140 valence electrons. The van der Waals surface area contributed by atoms with Crippen molar-refractivity contribution in [1.82, 2.24) is 25.1 Å². The second kappa shape index (κ2) is 6.86. The fraction of sp³-hybridized carbons (Fsp3) is 0.316. The molecular formula is C19H21N5O2S. The Balaban J connectivity index is 1.53. The minimum atomic E-state index is -3.38. The summed E-state index contributed by atoms with van der Waals surface area (Å²) in [6.45, 7) is 4.33. The number of benzene rings is 1. The zero-order chi connectivity index (χ0) is 19.0. The van der Waals surface area contributed by atoms with Crippen molar-refractivity contribution in [3.05, 3.63) is 59.0 Å². The third-order valence-electron chi connectivity index (χ3n) is 4.77. The minimum absolute atomic E-state index is 0.0915. The van der Waals surface area contributed by atoms with E-state index in [9.17, 15) is 8.42 Å². The van der Waals surface area contributed by atoms with Gasteiger partial charge >= 0.3 is 0 Å². The summed E-state index contributed by atoms with van der Waals surface area (Å²) in [5.41, 5.74) is 6.31. The molecule has 1 N–H and O–H groups in total. The van der Waals surface area contributed by atoms with Gasteiger partial charge in [0.25, 0.3) is 0 Å². The summed E-state index contributed by atoms with van der Waals surface area (Å²) < 4.78 is 23.3. The van der Waals surface area contributed by atoms with Crippen molar-refractivity contribution in [2.45, 2.75) is 31.6 Å². The van der Waals surface area contributed by atoms with Crippen LogP contribution in [-0.4, -0.2) is 46.3 Å². The second-order valence-electron chi connectivity index (χ2n) is 6.99. The van der Waals surface area contributed by atoms with E-state index in [-0.39, 0.29) is 5.16 Å². The SMILES string of the molecule is Cc1ccc(-c2[nH]ncc2CN2CCc3nc(S(C)(=O)=O)ncc3C2)cc1. The smallest absolute Gasteiger partial charge is 0.246 e. The van der Waals surface area contributed by atoms with E-state index in [0.29, 0.717) is 13.0 Å². The quantitative estimate of drug-likeness (QED) is 0.694. The summed E-state index contributed by atoms with van der Waals surface area (Å²) in [4.78, 5) is 10.6. The van der Waals surface area contributed by atoms with E-state index in [0.717, 1.165) is 47.4 Å². The highest BCUT2D eigenvalue weighted by atomic mass is 32.2. The van der Waals surface area contributed by atoms with Gasteiger partial charge in [-0.05, 0) is 12.5 Å². The van der Waals surface area contributed by atoms with Gasteiger partial charge in [-0.25, -0.2) is 18.4 Å². The first-order valence-electron chi connectivity index (χ1n) is 8.76. The van der Waals surface area contributed by atoms with E-state index < -0.39 is 9.84 Å². The van der Waals surface area contributed by atoms with E-state index in [1.165, 1.54) is 5.56 Å². The molecule has 0 amide bonds. The molecule has 0 bridgehead atoms. The molecule has 0 aliphatic carbocycles. The highest BCUT2D eigenvalue weighted by Crippen LogP contribution is 2.25. The molecule has 0 fully saturated rings.